The van der Waals surface area contributed by atoms with Crippen LogP contribution in [0, 0.1) is 0 Å². The van der Waals surface area contributed by atoms with E-state index in [1.807, 2.05) is 11.0 Å². The molecule has 1 atom stereocenters. The summed E-state index contributed by atoms with van der Waals surface area (Å²) in [5, 5.41) is 0. The van der Waals surface area contributed by atoms with Gasteiger partial charge in [0.1, 0.15) is 0 Å². The van der Waals surface area contributed by atoms with Gasteiger partial charge in [0.25, 0.3) is 5.91 Å². The van der Waals surface area contributed by atoms with Crippen molar-refractivity contribution in [2.24, 2.45) is 0 Å². The average Bonchev–Trinajstić information content (AvgIpc) is 3.01. The number of fused-ring (bicyclic) bond motifs is 2. The highest BCUT2D eigenvalue weighted by Crippen LogP contribution is 2.34. The molecule has 0 N–H and O–H groups in total. The predicted molar refractivity (Wildman–Crippen MR) is 82.2 cm³/mol. The van der Waals surface area contributed by atoms with E-state index in [1.54, 1.807) is 18.2 Å². The zero-order chi connectivity index (χ0) is 15.1. The van der Waals surface area contributed by atoms with E-state index in [1.165, 1.54) is 11.1 Å². The Morgan fingerprint density at radius 1 is 1.14 bits per heavy atom. The Labute approximate surface area is 129 Å². The number of nitrogens with zero attached hydrogens (tertiary/aromatic N) is 1. The maximum atomic E-state index is 12.8. The summed E-state index contributed by atoms with van der Waals surface area (Å²) in [5.74, 6) is 1.74. The second kappa shape index (κ2) is 5.05. The number of hydrogen-bond acceptors (Lipinski definition) is 3. The Hall–Kier alpha value is -2.49. The fourth-order valence-corrected chi connectivity index (χ4v) is 3.22. The van der Waals surface area contributed by atoms with Crippen molar-refractivity contribution in [1.82, 2.24) is 4.90 Å². The summed E-state index contributed by atoms with van der Waals surface area (Å²) >= 11 is 0. The van der Waals surface area contributed by atoms with Crippen molar-refractivity contribution in [3.8, 4) is 11.5 Å². The molecule has 4 rings (SSSR count). The quantitative estimate of drug-likeness (QED) is 0.811. The molecule has 112 valence electrons. The van der Waals surface area contributed by atoms with Crippen LogP contribution in [-0.4, -0.2) is 24.1 Å². The standard InChI is InChI=1S/C18H17NO3/c1-12-9-19(10-14-4-2-3-5-15(12)14)18(20)13-6-7-16-17(8-13)22-11-21-16/h2-8,12H,9-11H2,1H3. The highest BCUT2D eigenvalue weighted by Gasteiger charge is 2.27. The van der Waals surface area contributed by atoms with Crippen molar-refractivity contribution in [2.45, 2.75) is 19.4 Å². The second-order valence-corrected chi connectivity index (χ2v) is 5.85. The Morgan fingerprint density at radius 2 is 1.95 bits per heavy atom. The number of carbonyl (C=O) groups excluding carboxylic acids is 1. The highest BCUT2D eigenvalue weighted by molar-refractivity contribution is 5.95. The fourth-order valence-electron chi connectivity index (χ4n) is 3.22. The van der Waals surface area contributed by atoms with Gasteiger partial charge in [-0.05, 0) is 35.2 Å². The van der Waals surface area contributed by atoms with Crippen molar-refractivity contribution < 1.29 is 14.3 Å². The molecule has 0 bridgehead atoms. The number of amides is 1. The third-order valence-electron chi connectivity index (χ3n) is 4.35. The molecule has 2 aromatic carbocycles. The average molecular weight is 295 g/mol. The molecule has 4 heteroatoms. The molecule has 22 heavy (non-hydrogen) atoms. The van der Waals surface area contributed by atoms with Crippen LogP contribution in [-0.2, 0) is 6.54 Å². The SMILES string of the molecule is CC1CN(C(=O)c2ccc3c(c2)OCO3)Cc2ccccc21. The summed E-state index contributed by atoms with van der Waals surface area (Å²) in [6.07, 6.45) is 0. The van der Waals surface area contributed by atoms with Gasteiger partial charge in [-0.25, -0.2) is 0 Å². The summed E-state index contributed by atoms with van der Waals surface area (Å²) in [6, 6.07) is 13.7. The van der Waals surface area contributed by atoms with Gasteiger partial charge in [0, 0.05) is 18.7 Å². The Balaban J connectivity index is 1.62. The first-order chi connectivity index (χ1) is 10.7. The summed E-state index contributed by atoms with van der Waals surface area (Å²) in [7, 11) is 0. The molecule has 0 fully saturated rings. The van der Waals surface area contributed by atoms with E-state index in [2.05, 4.69) is 25.1 Å². The van der Waals surface area contributed by atoms with Crippen molar-refractivity contribution in [3.05, 3.63) is 59.2 Å². The predicted octanol–water partition coefficient (Wildman–Crippen LogP) is 3.17. The molecule has 1 amide bonds. The van der Waals surface area contributed by atoms with E-state index in [0.717, 1.165) is 6.54 Å². The lowest BCUT2D eigenvalue weighted by Crippen LogP contribution is -2.37. The van der Waals surface area contributed by atoms with Crippen molar-refractivity contribution in [3.63, 3.8) is 0 Å². The molecular formula is C18H17NO3. The number of rotatable bonds is 1. The van der Waals surface area contributed by atoms with Crippen molar-refractivity contribution in [2.75, 3.05) is 13.3 Å². The first-order valence-corrected chi connectivity index (χ1v) is 7.49. The van der Waals surface area contributed by atoms with Gasteiger partial charge < -0.3 is 14.4 Å². The van der Waals surface area contributed by atoms with Gasteiger partial charge in [0.2, 0.25) is 6.79 Å². The maximum Gasteiger partial charge on any atom is 0.254 e. The van der Waals surface area contributed by atoms with Gasteiger partial charge in [-0.3, -0.25) is 4.79 Å². The molecule has 0 saturated heterocycles. The maximum absolute atomic E-state index is 12.8. The number of benzene rings is 2. The normalized spacial score (nSPS) is 19.0. The zero-order valence-corrected chi connectivity index (χ0v) is 12.4. The zero-order valence-electron chi connectivity index (χ0n) is 12.4. The molecular weight excluding hydrogens is 278 g/mol. The minimum Gasteiger partial charge on any atom is -0.454 e. The van der Waals surface area contributed by atoms with E-state index in [4.69, 9.17) is 9.47 Å². The highest BCUT2D eigenvalue weighted by atomic mass is 16.7. The van der Waals surface area contributed by atoms with Crippen LogP contribution in [0.5, 0.6) is 11.5 Å². The second-order valence-electron chi connectivity index (χ2n) is 5.85. The Kier molecular flexibility index (Phi) is 3.03. The first kappa shape index (κ1) is 13.2. The molecule has 0 aromatic heterocycles. The van der Waals surface area contributed by atoms with Crippen molar-refractivity contribution in [1.29, 1.82) is 0 Å². The van der Waals surface area contributed by atoms with Crippen LogP contribution >= 0.6 is 0 Å². The topological polar surface area (TPSA) is 38.8 Å². The largest absolute Gasteiger partial charge is 0.454 e. The molecule has 1 unspecified atom stereocenters. The van der Waals surface area contributed by atoms with Crippen LogP contribution in [0.15, 0.2) is 42.5 Å². The molecule has 2 aromatic rings. The molecule has 0 saturated carbocycles. The van der Waals surface area contributed by atoms with Gasteiger partial charge in [0.15, 0.2) is 11.5 Å². The van der Waals surface area contributed by atoms with Gasteiger partial charge >= 0.3 is 0 Å². The summed E-state index contributed by atoms with van der Waals surface area (Å²) in [5.41, 5.74) is 3.23. The van der Waals surface area contributed by atoms with E-state index in [9.17, 15) is 4.79 Å². The van der Waals surface area contributed by atoms with Gasteiger partial charge in [-0.15, -0.1) is 0 Å². The summed E-state index contributed by atoms with van der Waals surface area (Å²) in [4.78, 5) is 14.7. The fraction of sp³-hybridized carbons (Fsp3) is 0.278. The van der Waals surface area contributed by atoms with Gasteiger partial charge in [-0.1, -0.05) is 31.2 Å². The van der Waals surface area contributed by atoms with Crippen LogP contribution in [0.1, 0.15) is 34.3 Å². The summed E-state index contributed by atoms with van der Waals surface area (Å²) in [6.45, 7) is 3.79. The first-order valence-electron chi connectivity index (χ1n) is 7.49. The third-order valence-corrected chi connectivity index (χ3v) is 4.35. The third kappa shape index (κ3) is 2.11. The van der Waals surface area contributed by atoms with Gasteiger partial charge in [0.05, 0.1) is 0 Å². The Morgan fingerprint density at radius 3 is 2.86 bits per heavy atom. The van der Waals surface area contributed by atoms with Crippen LogP contribution in [0.3, 0.4) is 0 Å². The molecule has 0 spiro atoms. The van der Waals surface area contributed by atoms with E-state index >= 15 is 0 Å². The smallest absolute Gasteiger partial charge is 0.254 e. The van der Waals surface area contributed by atoms with E-state index in [0.29, 0.717) is 29.5 Å². The van der Waals surface area contributed by atoms with Crippen LogP contribution < -0.4 is 9.47 Å². The number of carbonyl (C=O) groups is 1. The molecule has 0 aliphatic carbocycles. The molecule has 0 radical (unpaired) electrons. The minimum absolute atomic E-state index is 0.0413. The lowest BCUT2D eigenvalue weighted by molar-refractivity contribution is 0.0720. The van der Waals surface area contributed by atoms with Crippen LogP contribution in [0.4, 0.5) is 0 Å². The lowest BCUT2D eigenvalue weighted by atomic mass is 9.91. The van der Waals surface area contributed by atoms with E-state index < -0.39 is 0 Å². The van der Waals surface area contributed by atoms with Gasteiger partial charge in [-0.2, -0.15) is 0 Å². The molecule has 2 aliphatic heterocycles. The van der Waals surface area contributed by atoms with E-state index in [-0.39, 0.29) is 12.7 Å². The Bertz CT molecular complexity index is 741. The molecule has 2 heterocycles. The minimum atomic E-state index is 0.0413. The molecule has 4 nitrogen and oxygen atoms in total. The molecule has 2 aliphatic rings. The summed E-state index contributed by atoms with van der Waals surface area (Å²) < 4.78 is 10.7. The monoisotopic (exact) mass is 295 g/mol. The van der Waals surface area contributed by atoms with Crippen LogP contribution in [0.2, 0.25) is 0 Å². The van der Waals surface area contributed by atoms with Crippen LogP contribution in [0.25, 0.3) is 0 Å². The number of ether oxygens (including phenoxy) is 2. The van der Waals surface area contributed by atoms with Crippen molar-refractivity contribution >= 4 is 5.91 Å². The lowest BCUT2D eigenvalue weighted by Gasteiger charge is -2.33. The number of hydrogen-bond donors (Lipinski definition) is 0.